The number of hydrogen-bond donors (Lipinski definition) is 1. The molecule has 0 amide bonds. The first kappa shape index (κ1) is 27.9. The molecule has 0 atom stereocenters. The van der Waals surface area contributed by atoms with E-state index in [1.807, 2.05) is 24.3 Å². The van der Waals surface area contributed by atoms with Gasteiger partial charge in [0.25, 0.3) is 0 Å². The third-order valence-corrected chi connectivity index (χ3v) is 7.02. The summed E-state index contributed by atoms with van der Waals surface area (Å²) in [6, 6.07) is 43.2. The minimum atomic E-state index is -1.23. The van der Waals surface area contributed by atoms with Gasteiger partial charge in [-0.3, -0.25) is 0 Å². The molecule has 5 aromatic carbocycles. The number of carboxylic acids is 1. The zero-order valence-electron chi connectivity index (χ0n) is 23.5. The molecule has 0 saturated heterocycles. The Balaban J connectivity index is 1.30. The van der Waals surface area contributed by atoms with E-state index in [4.69, 9.17) is 10.4 Å². The summed E-state index contributed by atoms with van der Waals surface area (Å²) in [5.41, 5.74) is 10.4. The maximum absolute atomic E-state index is 11.1. The molecule has 0 aliphatic carbocycles. The van der Waals surface area contributed by atoms with Gasteiger partial charge in [0.2, 0.25) is 0 Å². The molecule has 0 aromatic heterocycles. The van der Waals surface area contributed by atoms with E-state index in [0.717, 1.165) is 39.3 Å². The van der Waals surface area contributed by atoms with Crippen molar-refractivity contribution >= 4 is 41.3 Å². The van der Waals surface area contributed by atoms with Crippen molar-refractivity contribution in [1.29, 1.82) is 5.26 Å². The molecular weight excluding hydrogens is 516 g/mol. The van der Waals surface area contributed by atoms with Crippen molar-refractivity contribution in [3.05, 3.63) is 155 Å². The van der Waals surface area contributed by atoms with Gasteiger partial charge in [-0.25, -0.2) is 4.79 Å². The standard InChI is InChI=1S/C38H30N2O2/c1-27-3-19-35(20-4-27)40(36-21-5-28(2)6-22-36)37-23-13-30(14-24-37)8-7-29-9-15-32(16-10-29)33-17-11-31(12-18-33)25-34(26-39)38(41)42/h3-25H,1-2H3,(H,41,42)/b8-7+,34-25-. The molecule has 1 N–H and O–H groups in total. The third kappa shape index (κ3) is 6.72. The first-order chi connectivity index (χ1) is 20.4. The molecule has 4 heteroatoms. The maximum atomic E-state index is 11.1. The Morgan fingerprint density at radius 3 is 1.33 bits per heavy atom. The van der Waals surface area contributed by atoms with Crippen LogP contribution in [-0.2, 0) is 4.79 Å². The number of hydrogen-bond acceptors (Lipinski definition) is 3. The van der Waals surface area contributed by atoms with E-state index < -0.39 is 5.97 Å². The molecule has 0 bridgehead atoms. The van der Waals surface area contributed by atoms with E-state index in [9.17, 15) is 4.79 Å². The number of nitrogens with zero attached hydrogens (tertiary/aromatic N) is 2. The largest absolute Gasteiger partial charge is 0.477 e. The van der Waals surface area contributed by atoms with E-state index in [1.54, 1.807) is 6.07 Å². The quantitative estimate of drug-likeness (QED) is 0.120. The second kappa shape index (κ2) is 12.7. The van der Waals surface area contributed by atoms with E-state index >= 15 is 0 Å². The fraction of sp³-hybridized carbons (Fsp3) is 0.0526. The lowest BCUT2D eigenvalue weighted by molar-refractivity contribution is -0.132. The van der Waals surface area contributed by atoms with Crippen LogP contribution < -0.4 is 4.90 Å². The molecule has 0 saturated carbocycles. The maximum Gasteiger partial charge on any atom is 0.346 e. The molecule has 42 heavy (non-hydrogen) atoms. The summed E-state index contributed by atoms with van der Waals surface area (Å²) in [4.78, 5) is 13.3. The average Bonchev–Trinajstić information content (AvgIpc) is 3.02. The van der Waals surface area contributed by atoms with Crippen LogP contribution in [-0.4, -0.2) is 11.1 Å². The van der Waals surface area contributed by atoms with Crippen molar-refractivity contribution in [2.75, 3.05) is 4.90 Å². The Morgan fingerprint density at radius 2 is 0.952 bits per heavy atom. The van der Waals surface area contributed by atoms with Gasteiger partial charge in [-0.15, -0.1) is 0 Å². The summed E-state index contributed by atoms with van der Waals surface area (Å²) < 4.78 is 0. The second-order valence-electron chi connectivity index (χ2n) is 10.2. The van der Waals surface area contributed by atoms with Crippen molar-refractivity contribution < 1.29 is 9.90 Å². The Kier molecular flexibility index (Phi) is 8.42. The Bertz CT molecular complexity index is 1730. The van der Waals surface area contributed by atoms with Crippen LogP contribution in [0.4, 0.5) is 17.1 Å². The zero-order valence-corrected chi connectivity index (χ0v) is 23.5. The van der Waals surface area contributed by atoms with Crippen LogP contribution in [0.25, 0.3) is 29.4 Å². The van der Waals surface area contributed by atoms with Crippen LogP contribution in [0.15, 0.2) is 127 Å². The van der Waals surface area contributed by atoms with Gasteiger partial charge in [0, 0.05) is 17.1 Å². The van der Waals surface area contributed by atoms with Gasteiger partial charge in [0.1, 0.15) is 11.6 Å². The normalized spacial score (nSPS) is 11.3. The first-order valence-electron chi connectivity index (χ1n) is 13.7. The predicted octanol–water partition coefficient (Wildman–Crippen LogP) is 9.60. The average molecular weight is 547 g/mol. The number of anilines is 3. The van der Waals surface area contributed by atoms with Crippen molar-refractivity contribution in [1.82, 2.24) is 0 Å². The van der Waals surface area contributed by atoms with Gasteiger partial charge in [0.05, 0.1) is 0 Å². The highest BCUT2D eigenvalue weighted by atomic mass is 16.4. The van der Waals surface area contributed by atoms with Crippen molar-refractivity contribution in [3.8, 4) is 17.2 Å². The Labute approximate surface area is 246 Å². The number of rotatable bonds is 8. The summed E-state index contributed by atoms with van der Waals surface area (Å²) in [5.74, 6) is -1.23. The van der Waals surface area contributed by atoms with E-state index in [2.05, 4.69) is 128 Å². The molecule has 0 radical (unpaired) electrons. The number of carboxylic acid groups (broad SMARTS) is 1. The van der Waals surface area contributed by atoms with Crippen LogP contribution in [0, 0.1) is 25.2 Å². The van der Waals surface area contributed by atoms with Gasteiger partial charge in [-0.2, -0.15) is 5.26 Å². The lowest BCUT2D eigenvalue weighted by atomic mass is 10.0. The van der Waals surface area contributed by atoms with E-state index in [1.165, 1.54) is 17.2 Å². The fourth-order valence-electron chi connectivity index (χ4n) is 4.63. The summed E-state index contributed by atoms with van der Waals surface area (Å²) >= 11 is 0. The minimum absolute atomic E-state index is 0.289. The molecule has 4 nitrogen and oxygen atoms in total. The Hall–Kier alpha value is -5.66. The van der Waals surface area contributed by atoms with Gasteiger partial charge >= 0.3 is 5.97 Å². The highest BCUT2D eigenvalue weighted by Gasteiger charge is 2.12. The molecule has 0 heterocycles. The topological polar surface area (TPSA) is 64.3 Å². The molecule has 204 valence electrons. The molecular formula is C38H30N2O2. The van der Waals surface area contributed by atoms with E-state index in [-0.39, 0.29) is 5.57 Å². The number of aliphatic carboxylic acids is 1. The van der Waals surface area contributed by atoms with Crippen molar-refractivity contribution in [2.45, 2.75) is 13.8 Å². The number of nitriles is 1. The molecule has 0 aliphatic heterocycles. The molecule has 0 unspecified atom stereocenters. The smallest absolute Gasteiger partial charge is 0.346 e. The minimum Gasteiger partial charge on any atom is -0.477 e. The molecule has 5 rings (SSSR count). The lowest BCUT2D eigenvalue weighted by Gasteiger charge is -2.25. The molecule has 0 spiro atoms. The monoisotopic (exact) mass is 546 g/mol. The second-order valence-corrected chi connectivity index (χ2v) is 10.2. The SMILES string of the molecule is Cc1ccc(N(c2ccc(C)cc2)c2ccc(/C=C/c3ccc(-c4ccc(/C=C(/C#N)C(=O)O)cc4)cc3)cc2)cc1. The summed E-state index contributed by atoms with van der Waals surface area (Å²) in [5, 5.41) is 18.0. The first-order valence-corrected chi connectivity index (χ1v) is 13.7. The Morgan fingerprint density at radius 1 is 0.595 bits per heavy atom. The zero-order chi connectivity index (χ0) is 29.5. The highest BCUT2D eigenvalue weighted by molar-refractivity contribution is 5.96. The summed E-state index contributed by atoms with van der Waals surface area (Å²) in [7, 11) is 0. The lowest BCUT2D eigenvalue weighted by Crippen LogP contribution is -2.09. The van der Waals surface area contributed by atoms with Crippen molar-refractivity contribution in [2.24, 2.45) is 0 Å². The van der Waals surface area contributed by atoms with Crippen LogP contribution >= 0.6 is 0 Å². The van der Waals surface area contributed by atoms with Gasteiger partial charge in [0.15, 0.2) is 0 Å². The summed E-state index contributed by atoms with van der Waals surface area (Å²) in [6.07, 6.45) is 5.58. The molecule has 0 aliphatic rings. The van der Waals surface area contributed by atoms with Crippen LogP contribution in [0.3, 0.4) is 0 Å². The van der Waals surface area contributed by atoms with Gasteiger partial charge in [-0.05, 0) is 84.1 Å². The molecule has 5 aromatic rings. The molecule has 0 fully saturated rings. The van der Waals surface area contributed by atoms with Crippen LogP contribution in [0.2, 0.25) is 0 Å². The van der Waals surface area contributed by atoms with Crippen LogP contribution in [0.1, 0.15) is 27.8 Å². The van der Waals surface area contributed by atoms with Crippen molar-refractivity contribution in [3.63, 3.8) is 0 Å². The fourth-order valence-corrected chi connectivity index (χ4v) is 4.63. The van der Waals surface area contributed by atoms with Gasteiger partial charge < -0.3 is 10.0 Å². The predicted molar refractivity (Wildman–Crippen MR) is 173 cm³/mol. The number of benzene rings is 5. The summed E-state index contributed by atoms with van der Waals surface area (Å²) in [6.45, 7) is 4.20. The highest BCUT2D eigenvalue weighted by Crippen LogP contribution is 2.35. The van der Waals surface area contributed by atoms with Crippen LogP contribution in [0.5, 0.6) is 0 Å². The number of carbonyl (C=O) groups is 1. The number of aryl methyl sites for hydroxylation is 2. The third-order valence-electron chi connectivity index (χ3n) is 7.02. The van der Waals surface area contributed by atoms with Gasteiger partial charge in [-0.1, -0.05) is 108 Å². The van der Waals surface area contributed by atoms with E-state index in [0.29, 0.717) is 5.56 Å².